The standard InChI is InChI=1S/C10H15NO/c1-2-3-4-10(12)9-5-7-11-8-6-9/h5-8,10,12H,2-4H2,1H3/t10-/m0/s1. The summed E-state index contributed by atoms with van der Waals surface area (Å²) in [6, 6.07) is 3.72. The van der Waals surface area contributed by atoms with Gasteiger partial charge in [0.1, 0.15) is 0 Å². The Kier molecular flexibility index (Phi) is 3.74. The fourth-order valence-electron chi connectivity index (χ4n) is 1.15. The van der Waals surface area contributed by atoms with Crippen LogP contribution in [0.15, 0.2) is 24.5 Å². The topological polar surface area (TPSA) is 33.1 Å². The first-order valence-corrected chi connectivity index (χ1v) is 4.42. The van der Waals surface area contributed by atoms with Gasteiger partial charge in [0.15, 0.2) is 0 Å². The van der Waals surface area contributed by atoms with E-state index in [1.165, 1.54) is 0 Å². The second-order valence-corrected chi connectivity index (χ2v) is 2.94. The van der Waals surface area contributed by atoms with Crippen LogP contribution in [0.3, 0.4) is 0 Å². The van der Waals surface area contributed by atoms with Crippen LogP contribution in [0.5, 0.6) is 0 Å². The third kappa shape index (κ3) is 2.62. The van der Waals surface area contributed by atoms with E-state index in [4.69, 9.17) is 0 Å². The number of aliphatic hydroxyl groups excluding tert-OH is 1. The third-order valence-corrected chi connectivity index (χ3v) is 1.92. The molecule has 1 aromatic heterocycles. The van der Waals surface area contributed by atoms with Crippen molar-refractivity contribution in [2.24, 2.45) is 0 Å². The van der Waals surface area contributed by atoms with Crippen LogP contribution in [0, 0.1) is 0 Å². The van der Waals surface area contributed by atoms with Gasteiger partial charge in [-0.2, -0.15) is 0 Å². The number of aromatic nitrogens is 1. The van der Waals surface area contributed by atoms with Crippen LogP contribution in [0.1, 0.15) is 37.9 Å². The van der Waals surface area contributed by atoms with E-state index in [1.54, 1.807) is 12.4 Å². The van der Waals surface area contributed by atoms with Crippen molar-refractivity contribution in [1.82, 2.24) is 4.98 Å². The van der Waals surface area contributed by atoms with Crippen molar-refractivity contribution >= 4 is 0 Å². The molecule has 0 unspecified atom stereocenters. The minimum absolute atomic E-state index is 0.312. The fourth-order valence-corrected chi connectivity index (χ4v) is 1.15. The van der Waals surface area contributed by atoms with Crippen molar-refractivity contribution in [3.63, 3.8) is 0 Å². The third-order valence-electron chi connectivity index (χ3n) is 1.92. The average Bonchev–Trinajstić information content (AvgIpc) is 2.15. The summed E-state index contributed by atoms with van der Waals surface area (Å²) in [6.07, 6.45) is 6.16. The molecule has 0 aromatic carbocycles. The van der Waals surface area contributed by atoms with Gasteiger partial charge in [-0.1, -0.05) is 19.8 Å². The van der Waals surface area contributed by atoms with Crippen molar-refractivity contribution in [3.8, 4) is 0 Å². The normalized spacial score (nSPS) is 12.8. The molecule has 0 fully saturated rings. The molecule has 0 aliphatic carbocycles. The molecule has 0 saturated carbocycles. The summed E-state index contributed by atoms with van der Waals surface area (Å²) < 4.78 is 0. The van der Waals surface area contributed by atoms with Crippen LogP contribution in [0.4, 0.5) is 0 Å². The molecule has 0 aliphatic rings. The van der Waals surface area contributed by atoms with E-state index in [0.29, 0.717) is 0 Å². The highest BCUT2D eigenvalue weighted by Gasteiger charge is 2.04. The summed E-state index contributed by atoms with van der Waals surface area (Å²) in [6.45, 7) is 2.12. The molecule has 0 radical (unpaired) electrons. The van der Waals surface area contributed by atoms with Crippen LogP contribution < -0.4 is 0 Å². The predicted octanol–water partition coefficient (Wildman–Crippen LogP) is 2.31. The molecule has 2 heteroatoms. The van der Waals surface area contributed by atoms with Gasteiger partial charge in [-0.15, -0.1) is 0 Å². The number of hydrogen-bond donors (Lipinski definition) is 1. The highest BCUT2D eigenvalue weighted by Crippen LogP contribution is 2.17. The Morgan fingerprint density at radius 1 is 1.42 bits per heavy atom. The molecule has 66 valence electrons. The van der Waals surface area contributed by atoms with Gasteiger partial charge in [0.2, 0.25) is 0 Å². The maximum Gasteiger partial charge on any atom is 0.0791 e. The molecule has 0 bridgehead atoms. The Hall–Kier alpha value is -0.890. The largest absolute Gasteiger partial charge is 0.388 e. The summed E-state index contributed by atoms with van der Waals surface area (Å²) in [5, 5.41) is 9.62. The zero-order valence-electron chi connectivity index (χ0n) is 7.40. The molecule has 12 heavy (non-hydrogen) atoms. The van der Waals surface area contributed by atoms with Crippen molar-refractivity contribution < 1.29 is 5.11 Å². The van der Waals surface area contributed by atoms with Gasteiger partial charge in [0.05, 0.1) is 6.10 Å². The zero-order chi connectivity index (χ0) is 8.81. The molecule has 0 spiro atoms. The summed E-state index contributed by atoms with van der Waals surface area (Å²) in [7, 11) is 0. The van der Waals surface area contributed by atoms with E-state index in [1.807, 2.05) is 12.1 Å². The van der Waals surface area contributed by atoms with Crippen molar-refractivity contribution in [1.29, 1.82) is 0 Å². The molecular weight excluding hydrogens is 150 g/mol. The lowest BCUT2D eigenvalue weighted by atomic mass is 10.1. The smallest absolute Gasteiger partial charge is 0.0791 e. The van der Waals surface area contributed by atoms with Crippen molar-refractivity contribution in [3.05, 3.63) is 30.1 Å². The van der Waals surface area contributed by atoms with Gasteiger partial charge in [-0.3, -0.25) is 4.98 Å². The second-order valence-electron chi connectivity index (χ2n) is 2.94. The molecule has 1 rings (SSSR count). The van der Waals surface area contributed by atoms with Crippen LogP contribution in [-0.4, -0.2) is 10.1 Å². The van der Waals surface area contributed by atoms with E-state index in [-0.39, 0.29) is 6.10 Å². The molecule has 1 N–H and O–H groups in total. The summed E-state index contributed by atoms with van der Waals surface area (Å²) in [5.41, 5.74) is 0.971. The number of pyridine rings is 1. The van der Waals surface area contributed by atoms with Gasteiger partial charge in [-0.25, -0.2) is 0 Å². The summed E-state index contributed by atoms with van der Waals surface area (Å²) >= 11 is 0. The second kappa shape index (κ2) is 4.88. The summed E-state index contributed by atoms with van der Waals surface area (Å²) in [5.74, 6) is 0. The number of nitrogens with zero attached hydrogens (tertiary/aromatic N) is 1. The highest BCUT2D eigenvalue weighted by atomic mass is 16.3. The first-order valence-electron chi connectivity index (χ1n) is 4.42. The number of rotatable bonds is 4. The fraction of sp³-hybridized carbons (Fsp3) is 0.500. The lowest BCUT2D eigenvalue weighted by molar-refractivity contribution is 0.164. The molecular formula is C10H15NO. The van der Waals surface area contributed by atoms with Gasteiger partial charge in [-0.05, 0) is 24.1 Å². The van der Waals surface area contributed by atoms with E-state index < -0.39 is 0 Å². The average molecular weight is 165 g/mol. The Morgan fingerprint density at radius 3 is 2.67 bits per heavy atom. The summed E-state index contributed by atoms with van der Waals surface area (Å²) in [4.78, 5) is 3.90. The molecule has 1 heterocycles. The Bertz CT molecular complexity index is 210. The Morgan fingerprint density at radius 2 is 2.08 bits per heavy atom. The molecule has 1 aromatic rings. The van der Waals surface area contributed by atoms with Gasteiger partial charge < -0.3 is 5.11 Å². The zero-order valence-corrected chi connectivity index (χ0v) is 7.40. The predicted molar refractivity (Wildman–Crippen MR) is 48.7 cm³/mol. The van der Waals surface area contributed by atoms with Gasteiger partial charge >= 0.3 is 0 Å². The van der Waals surface area contributed by atoms with E-state index >= 15 is 0 Å². The molecule has 0 amide bonds. The Balaban J connectivity index is 2.48. The lowest BCUT2D eigenvalue weighted by Crippen LogP contribution is -1.96. The molecule has 0 saturated heterocycles. The first-order chi connectivity index (χ1) is 5.84. The van der Waals surface area contributed by atoms with Crippen molar-refractivity contribution in [2.75, 3.05) is 0 Å². The first kappa shape index (κ1) is 9.20. The minimum Gasteiger partial charge on any atom is -0.388 e. The minimum atomic E-state index is -0.312. The van der Waals surface area contributed by atoms with Crippen LogP contribution in [0.25, 0.3) is 0 Å². The van der Waals surface area contributed by atoms with Crippen LogP contribution in [-0.2, 0) is 0 Å². The number of hydrogen-bond acceptors (Lipinski definition) is 2. The lowest BCUT2D eigenvalue weighted by Gasteiger charge is -2.08. The monoisotopic (exact) mass is 165 g/mol. The van der Waals surface area contributed by atoms with E-state index in [9.17, 15) is 5.11 Å². The number of aliphatic hydroxyl groups is 1. The Labute approximate surface area is 73.3 Å². The van der Waals surface area contributed by atoms with Crippen molar-refractivity contribution in [2.45, 2.75) is 32.3 Å². The highest BCUT2D eigenvalue weighted by molar-refractivity contribution is 5.12. The van der Waals surface area contributed by atoms with Crippen LogP contribution in [0.2, 0.25) is 0 Å². The molecule has 0 aliphatic heterocycles. The molecule has 1 atom stereocenters. The maximum absolute atomic E-state index is 9.62. The van der Waals surface area contributed by atoms with E-state index in [2.05, 4.69) is 11.9 Å². The van der Waals surface area contributed by atoms with Gasteiger partial charge in [0.25, 0.3) is 0 Å². The SMILES string of the molecule is CCCC[C@H](O)c1ccncc1. The van der Waals surface area contributed by atoms with Crippen LogP contribution >= 0.6 is 0 Å². The maximum atomic E-state index is 9.62. The molecule has 2 nitrogen and oxygen atoms in total. The quantitative estimate of drug-likeness (QED) is 0.742. The van der Waals surface area contributed by atoms with Gasteiger partial charge in [0, 0.05) is 12.4 Å². The van der Waals surface area contributed by atoms with E-state index in [0.717, 1.165) is 24.8 Å². The number of unbranched alkanes of at least 4 members (excludes halogenated alkanes) is 1.